The van der Waals surface area contributed by atoms with Gasteiger partial charge in [0.25, 0.3) is 0 Å². The number of nitrogens with two attached hydrogens (primary N) is 1. The van der Waals surface area contributed by atoms with Gasteiger partial charge in [-0.15, -0.1) is 0 Å². The average molecular weight is 241 g/mol. The van der Waals surface area contributed by atoms with Crippen LogP contribution < -0.4 is 10.5 Å². The van der Waals surface area contributed by atoms with E-state index in [1.807, 2.05) is 18.2 Å². The van der Waals surface area contributed by atoms with Crippen LogP contribution in [0, 0.1) is 6.92 Å². The second-order valence-electron chi connectivity index (χ2n) is 4.53. The van der Waals surface area contributed by atoms with Gasteiger partial charge in [0, 0.05) is 5.69 Å². The first-order valence-electron chi connectivity index (χ1n) is 6.17. The topological polar surface area (TPSA) is 35.2 Å². The molecule has 2 N–H and O–H groups in total. The van der Waals surface area contributed by atoms with Gasteiger partial charge in [0.2, 0.25) is 0 Å². The van der Waals surface area contributed by atoms with Crippen LogP contribution in [0.2, 0.25) is 0 Å². The summed E-state index contributed by atoms with van der Waals surface area (Å²) >= 11 is 0. The fraction of sp³-hybridized carbons (Fsp3) is 0.250. The highest BCUT2D eigenvalue weighted by Crippen LogP contribution is 2.18. The number of hydrogen-bond donors (Lipinski definition) is 1. The maximum atomic E-state index is 5.68. The first kappa shape index (κ1) is 12.5. The molecule has 0 aromatic heterocycles. The molecule has 0 bridgehead atoms. The summed E-state index contributed by atoms with van der Waals surface area (Å²) in [7, 11) is 1.70. The monoisotopic (exact) mass is 241 g/mol. The number of methoxy groups -OCH3 is 1. The third kappa shape index (κ3) is 3.04. The average Bonchev–Trinajstić information content (AvgIpc) is 2.39. The molecule has 0 fully saturated rings. The van der Waals surface area contributed by atoms with E-state index in [0.29, 0.717) is 0 Å². The Labute approximate surface area is 108 Å². The second kappa shape index (κ2) is 5.58. The van der Waals surface area contributed by atoms with Gasteiger partial charge in [-0.2, -0.15) is 0 Å². The van der Waals surface area contributed by atoms with Gasteiger partial charge in [-0.3, -0.25) is 0 Å². The molecule has 2 nitrogen and oxygen atoms in total. The van der Waals surface area contributed by atoms with E-state index in [9.17, 15) is 0 Å². The Hall–Kier alpha value is -1.96. The molecule has 2 rings (SSSR count). The molecule has 0 amide bonds. The van der Waals surface area contributed by atoms with Crippen molar-refractivity contribution in [1.82, 2.24) is 0 Å². The zero-order valence-corrected chi connectivity index (χ0v) is 10.9. The first-order valence-corrected chi connectivity index (χ1v) is 6.17. The predicted octanol–water partition coefficient (Wildman–Crippen LogP) is 3.37. The molecule has 0 atom stereocenters. The molecule has 18 heavy (non-hydrogen) atoms. The quantitative estimate of drug-likeness (QED) is 0.833. The van der Waals surface area contributed by atoms with Crippen molar-refractivity contribution in [1.29, 1.82) is 0 Å². The summed E-state index contributed by atoms with van der Waals surface area (Å²) in [4.78, 5) is 0. The van der Waals surface area contributed by atoms with Crippen LogP contribution in [-0.4, -0.2) is 7.11 Å². The normalized spacial score (nSPS) is 10.3. The van der Waals surface area contributed by atoms with Crippen molar-refractivity contribution in [3.8, 4) is 5.75 Å². The summed E-state index contributed by atoms with van der Waals surface area (Å²) in [6.07, 6.45) is 2.08. The fourth-order valence-corrected chi connectivity index (χ4v) is 2.04. The largest absolute Gasteiger partial charge is 0.497 e. The minimum Gasteiger partial charge on any atom is -0.497 e. The van der Waals surface area contributed by atoms with E-state index in [-0.39, 0.29) is 0 Å². The molecular formula is C16H19NO. The highest BCUT2D eigenvalue weighted by Gasteiger charge is 2.01. The maximum absolute atomic E-state index is 5.68. The third-order valence-electron chi connectivity index (χ3n) is 3.21. The van der Waals surface area contributed by atoms with Crippen molar-refractivity contribution in [2.24, 2.45) is 0 Å². The standard InChI is InChI=1S/C16H19NO/c1-12-11-16(18-2)10-7-14(12)6-3-13-4-8-15(17)9-5-13/h4-5,7-11H,3,6,17H2,1-2H3. The lowest BCUT2D eigenvalue weighted by molar-refractivity contribution is 0.414. The van der Waals surface area contributed by atoms with E-state index in [1.165, 1.54) is 16.7 Å². The lowest BCUT2D eigenvalue weighted by Crippen LogP contribution is -1.95. The minimum absolute atomic E-state index is 0.819. The summed E-state index contributed by atoms with van der Waals surface area (Å²) in [6.45, 7) is 2.13. The molecular weight excluding hydrogens is 222 g/mol. The van der Waals surface area contributed by atoms with Crippen molar-refractivity contribution in [3.63, 3.8) is 0 Å². The number of ether oxygens (including phenoxy) is 1. The highest BCUT2D eigenvalue weighted by molar-refractivity contribution is 5.40. The molecule has 0 unspecified atom stereocenters. The van der Waals surface area contributed by atoms with E-state index in [1.54, 1.807) is 7.11 Å². The zero-order valence-electron chi connectivity index (χ0n) is 10.9. The van der Waals surface area contributed by atoms with Gasteiger partial charge in [0.15, 0.2) is 0 Å². The maximum Gasteiger partial charge on any atom is 0.119 e. The summed E-state index contributed by atoms with van der Waals surface area (Å²) in [6, 6.07) is 14.3. The van der Waals surface area contributed by atoms with Crippen molar-refractivity contribution < 1.29 is 4.74 Å². The molecule has 0 heterocycles. The van der Waals surface area contributed by atoms with E-state index in [0.717, 1.165) is 24.3 Å². The Bertz CT molecular complexity index is 517. The van der Waals surface area contributed by atoms with Crippen molar-refractivity contribution in [2.45, 2.75) is 19.8 Å². The summed E-state index contributed by atoms with van der Waals surface area (Å²) < 4.78 is 5.21. The van der Waals surface area contributed by atoms with E-state index < -0.39 is 0 Å². The van der Waals surface area contributed by atoms with Crippen LogP contribution in [-0.2, 0) is 12.8 Å². The van der Waals surface area contributed by atoms with Crippen LogP contribution >= 0.6 is 0 Å². The number of aryl methyl sites for hydroxylation is 3. The van der Waals surface area contributed by atoms with Crippen molar-refractivity contribution >= 4 is 5.69 Å². The summed E-state index contributed by atoms with van der Waals surface area (Å²) in [5.41, 5.74) is 10.5. The van der Waals surface area contributed by atoms with E-state index >= 15 is 0 Å². The zero-order chi connectivity index (χ0) is 13.0. The Morgan fingerprint density at radius 1 is 1.00 bits per heavy atom. The number of hydrogen-bond acceptors (Lipinski definition) is 2. The Morgan fingerprint density at radius 3 is 2.33 bits per heavy atom. The van der Waals surface area contributed by atoms with Crippen LogP contribution in [0.4, 0.5) is 5.69 Å². The van der Waals surface area contributed by atoms with Gasteiger partial charge in [-0.1, -0.05) is 18.2 Å². The highest BCUT2D eigenvalue weighted by atomic mass is 16.5. The van der Waals surface area contributed by atoms with Crippen LogP contribution in [0.5, 0.6) is 5.75 Å². The number of benzene rings is 2. The number of rotatable bonds is 4. The molecule has 94 valence electrons. The summed E-state index contributed by atoms with van der Waals surface area (Å²) in [5.74, 6) is 0.920. The third-order valence-corrected chi connectivity index (χ3v) is 3.21. The smallest absolute Gasteiger partial charge is 0.119 e. The van der Waals surface area contributed by atoms with Gasteiger partial charge < -0.3 is 10.5 Å². The minimum atomic E-state index is 0.819. The van der Waals surface area contributed by atoms with Gasteiger partial charge in [-0.05, 0) is 60.7 Å². The molecule has 0 aliphatic carbocycles. The molecule has 0 aliphatic rings. The lowest BCUT2D eigenvalue weighted by atomic mass is 10.0. The molecule has 2 aromatic carbocycles. The molecule has 0 radical (unpaired) electrons. The molecule has 2 aromatic rings. The van der Waals surface area contributed by atoms with Gasteiger partial charge >= 0.3 is 0 Å². The number of anilines is 1. The van der Waals surface area contributed by atoms with Gasteiger partial charge in [-0.25, -0.2) is 0 Å². The van der Waals surface area contributed by atoms with Crippen LogP contribution in [0.25, 0.3) is 0 Å². The van der Waals surface area contributed by atoms with Crippen molar-refractivity contribution in [2.75, 3.05) is 12.8 Å². The molecule has 0 saturated heterocycles. The van der Waals surface area contributed by atoms with E-state index in [2.05, 4.69) is 31.2 Å². The molecule has 2 heteroatoms. The van der Waals surface area contributed by atoms with Crippen LogP contribution in [0.1, 0.15) is 16.7 Å². The van der Waals surface area contributed by atoms with Gasteiger partial charge in [0.05, 0.1) is 7.11 Å². The van der Waals surface area contributed by atoms with E-state index in [4.69, 9.17) is 10.5 Å². The number of nitrogen functional groups attached to an aromatic ring is 1. The fourth-order valence-electron chi connectivity index (χ4n) is 2.04. The SMILES string of the molecule is COc1ccc(CCc2ccc(N)cc2)c(C)c1. The Balaban J connectivity index is 2.04. The van der Waals surface area contributed by atoms with Crippen LogP contribution in [0.3, 0.4) is 0 Å². The predicted molar refractivity (Wildman–Crippen MR) is 76.0 cm³/mol. The molecule has 0 aliphatic heterocycles. The second-order valence-corrected chi connectivity index (χ2v) is 4.53. The Morgan fingerprint density at radius 2 is 1.72 bits per heavy atom. The van der Waals surface area contributed by atoms with Crippen molar-refractivity contribution in [3.05, 3.63) is 59.2 Å². The molecule has 0 spiro atoms. The van der Waals surface area contributed by atoms with Gasteiger partial charge in [0.1, 0.15) is 5.75 Å². The molecule has 0 saturated carbocycles. The first-order chi connectivity index (χ1) is 8.69. The van der Waals surface area contributed by atoms with Crippen LogP contribution in [0.15, 0.2) is 42.5 Å². The lowest BCUT2D eigenvalue weighted by Gasteiger charge is -2.08. The Kier molecular flexibility index (Phi) is 3.88. The summed E-state index contributed by atoms with van der Waals surface area (Å²) in [5, 5.41) is 0.